The molecule has 1 atom stereocenters. The summed E-state index contributed by atoms with van der Waals surface area (Å²) < 4.78 is 14.0. The molecule has 0 aliphatic carbocycles. The second-order valence-corrected chi connectivity index (χ2v) is 16.0. The lowest BCUT2D eigenvalue weighted by atomic mass is 9.61. The Kier molecular flexibility index (Phi) is 8.73. The van der Waals surface area contributed by atoms with Gasteiger partial charge in [-0.15, -0.1) is 11.3 Å². The van der Waals surface area contributed by atoms with Gasteiger partial charge in [0.05, 0.1) is 5.41 Å². The third-order valence-electron chi connectivity index (χ3n) is 7.74. The van der Waals surface area contributed by atoms with Crippen LogP contribution in [0.4, 0.5) is 0 Å². The summed E-state index contributed by atoms with van der Waals surface area (Å²) in [6, 6.07) is 17.4. The molecule has 0 amide bonds. The molecule has 0 bridgehead atoms. The van der Waals surface area contributed by atoms with E-state index in [4.69, 9.17) is 9.47 Å². The van der Waals surface area contributed by atoms with E-state index in [1.807, 2.05) is 19.9 Å². The molecule has 1 heterocycles. The lowest BCUT2D eigenvalue weighted by Gasteiger charge is -2.45. The van der Waals surface area contributed by atoms with Gasteiger partial charge in [0.25, 0.3) is 0 Å². The van der Waals surface area contributed by atoms with Gasteiger partial charge >= 0.3 is 5.97 Å². The topological polar surface area (TPSA) is 35.5 Å². The van der Waals surface area contributed by atoms with E-state index in [2.05, 4.69) is 112 Å². The maximum Gasteiger partial charge on any atom is 0.312 e. The quantitative estimate of drug-likeness (QED) is 0.249. The van der Waals surface area contributed by atoms with E-state index < -0.39 is 16.6 Å². The van der Waals surface area contributed by atoms with Crippen LogP contribution in [0.5, 0.6) is 5.75 Å². The maximum atomic E-state index is 13.7. The lowest BCUT2D eigenvalue weighted by Crippen LogP contribution is -2.48. The van der Waals surface area contributed by atoms with Crippen LogP contribution in [0, 0.1) is 16.2 Å². The van der Waals surface area contributed by atoms with Crippen LogP contribution in [0.1, 0.15) is 101 Å². The number of carbonyl (C=O) groups excluding carboxylic acids is 1. The van der Waals surface area contributed by atoms with Crippen molar-refractivity contribution in [1.82, 2.24) is 0 Å². The molecule has 0 aliphatic rings. The molecule has 0 N–H and O–H groups in total. The van der Waals surface area contributed by atoms with Crippen molar-refractivity contribution >= 4 is 27.4 Å². The van der Waals surface area contributed by atoms with Crippen molar-refractivity contribution in [2.24, 2.45) is 16.2 Å². The highest BCUT2D eigenvalue weighted by Crippen LogP contribution is 2.48. The molecule has 0 radical (unpaired) electrons. The Bertz CT molecular complexity index is 1280. The molecule has 0 saturated heterocycles. The molecule has 1 unspecified atom stereocenters. The van der Waals surface area contributed by atoms with E-state index in [0.29, 0.717) is 6.42 Å². The van der Waals surface area contributed by atoms with Gasteiger partial charge in [-0.1, -0.05) is 72.7 Å². The second-order valence-electron chi connectivity index (χ2n) is 14.9. The fraction of sp³-hybridized carbons (Fsp3) is 0.571. The van der Waals surface area contributed by atoms with Crippen molar-refractivity contribution in [3.63, 3.8) is 0 Å². The number of fused-ring (bicyclic) bond motifs is 1. The molecule has 4 heteroatoms. The van der Waals surface area contributed by atoms with E-state index in [0.717, 1.165) is 18.6 Å². The summed E-state index contributed by atoms with van der Waals surface area (Å²) >= 11 is 1.79. The standard InChI is InChI=1S/C35H50O3S/c1-13-24-14-16-25(17-15-24)28-20-26-18-19-27(21-29(26)39-28)37-33(8,9)23-34(10,11)38-30(36)35(12,32(5,6)7)22-31(2,3)4/h14-21H,13,22-23H2,1-12H3. The van der Waals surface area contributed by atoms with Crippen molar-refractivity contribution in [3.05, 3.63) is 54.1 Å². The minimum Gasteiger partial charge on any atom is -0.488 e. The molecule has 39 heavy (non-hydrogen) atoms. The van der Waals surface area contributed by atoms with Gasteiger partial charge in [0, 0.05) is 16.0 Å². The Labute approximate surface area is 241 Å². The first-order valence-electron chi connectivity index (χ1n) is 14.3. The molecule has 3 nitrogen and oxygen atoms in total. The van der Waals surface area contributed by atoms with Gasteiger partial charge in [0.15, 0.2) is 0 Å². The Hall–Kier alpha value is -2.33. The third-order valence-corrected chi connectivity index (χ3v) is 8.89. The number of benzene rings is 2. The van der Waals surface area contributed by atoms with Crippen LogP contribution >= 0.6 is 11.3 Å². The van der Waals surface area contributed by atoms with Gasteiger partial charge < -0.3 is 9.47 Å². The first-order chi connectivity index (χ1) is 17.7. The highest BCUT2D eigenvalue weighted by Gasteiger charge is 2.49. The Balaban J connectivity index is 1.75. The molecule has 0 saturated carbocycles. The monoisotopic (exact) mass is 550 g/mol. The number of ether oxygens (including phenoxy) is 2. The molecule has 3 aromatic rings. The number of hydrogen-bond acceptors (Lipinski definition) is 4. The van der Waals surface area contributed by atoms with Crippen molar-refractivity contribution in [2.45, 2.75) is 114 Å². The molecule has 214 valence electrons. The minimum absolute atomic E-state index is 0.00678. The largest absolute Gasteiger partial charge is 0.488 e. The van der Waals surface area contributed by atoms with E-state index >= 15 is 0 Å². The van der Waals surface area contributed by atoms with Gasteiger partial charge in [-0.3, -0.25) is 4.79 Å². The van der Waals surface area contributed by atoms with Crippen LogP contribution in [0.25, 0.3) is 20.5 Å². The summed E-state index contributed by atoms with van der Waals surface area (Å²) in [4.78, 5) is 14.9. The van der Waals surface area contributed by atoms with Gasteiger partial charge in [-0.2, -0.15) is 0 Å². The number of carbonyl (C=O) groups is 1. The zero-order valence-electron chi connectivity index (χ0n) is 26.4. The first-order valence-corrected chi connectivity index (χ1v) is 15.1. The van der Waals surface area contributed by atoms with Crippen molar-refractivity contribution < 1.29 is 14.3 Å². The number of thiophene rings is 1. The third kappa shape index (κ3) is 7.87. The maximum absolute atomic E-state index is 13.7. The van der Waals surface area contributed by atoms with Crippen LogP contribution in [0.3, 0.4) is 0 Å². The highest BCUT2D eigenvalue weighted by molar-refractivity contribution is 7.22. The number of hydrogen-bond donors (Lipinski definition) is 0. The molecular formula is C35H50O3S. The minimum atomic E-state index is -0.685. The fourth-order valence-electron chi connectivity index (χ4n) is 5.61. The van der Waals surface area contributed by atoms with E-state index in [1.165, 1.54) is 26.1 Å². The van der Waals surface area contributed by atoms with Gasteiger partial charge in [0.2, 0.25) is 0 Å². The number of esters is 1. The summed E-state index contributed by atoms with van der Waals surface area (Å²) in [7, 11) is 0. The van der Waals surface area contributed by atoms with Crippen molar-refractivity contribution in [2.75, 3.05) is 0 Å². The molecular weight excluding hydrogens is 500 g/mol. The Morgan fingerprint density at radius 3 is 1.92 bits per heavy atom. The molecule has 0 fully saturated rings. The van der Waals surface area contributed by atoms with E-state index in [1.54, 1.807) is 11.3 Å². The lowest BCUT2D eigenvalue weighted by molar-refractivity contribution is -0.181. The van der Waals surface area contributed by atoms with E-state index in [-0.39, 0.29) is 16.8 Å². The Morgan fingerprint density at radius 2 is 1.38 bits per heavy atom. The predicted molar refractivity (Wildman–Crippen MR) is 168 cm³/mol. The average molecular weight is 551 g/mol. The summed E-state index contributed by atoms with van der Waals surface area (Å²) in [5.41, 5.74) is 0.550. The second kappa shape index (κ2) is 10.9. The molecule has 2 aromatic carbocycles. The molecule has 0 aliphatic heterocycles. The van der Waals surface area contributed by atoms with Gasteiger partial charge in [-0.05, 0) is 99.1 Å². The van der Waals surface area contributed by atoms with Crippen LogP contribution < -0.4 is 4.74 Å². The fourth-order valence-corrected chi connectivity index (χ4v) is 6.70. The average Bonchev–Trinajstić information content (AvgIpc) is 3.19. The van der Waals surface area contributed by atoms with Gasteiger partial charge in [-0.25, -0.2) is 0 Å². The zero-order chi connectivity index (χ0) is 29.4. The predicted octanol–water partition coefficient (Wildman–Crippen LogP) is 10.5. The zero-order valence-corrected chi connectivity index (χ0v) is 27.2. The van der Waals surface area contributed by atoms with Crippen LogP contribution in [-0.2, 0) is 16.0 Å². The van der Waals surface area contributed by atoms with Crippen molar-refractivity contribution in [3.8, 4) is 16.2 Å². The summed E-state index contributed by atoms with van der Waals surface area (Å²) in [5, 5.41) is 1.22. The van der Waals surface area contributed by atoms with Crippen LogP contribution in [-0.4, -0.2) is 17.2 Å². The molecule has 3 rings (SSSR count). The van der Waals surface area contributed by atoms with Gasteiger partial charge in [0.1, 0.15) is 17.0 Å². The van der Waals surface area contributed by atoms with Crippen molar-refractivity contribution in [1.29, 1.82) is 0 Å². The smallest absolute Gasteiger partial charge is 0.312 e. The molecule has 1 aromatic heterocycles. The van der Waals surface area contributed by atoms with E-state index in [9.17, 15) is 4.79 Å². The SMILES string of the molecule is CCc1ccc(-c2cc3ccc(OC(C)(C)CC(C)(C)OC(=O)C(C)(CC(C)(C)C)C(C)(C)C)cc3s2)cc1. The number of rotatable bonds is 9. The summed E-state index contributed by atoms with van der Waals surface area (Å²) in [6.45, 7) is 25.3. The Morgan fingerprint density at radius 1 is 0.769 bits per heavy atom. The van der Waals surface area contributed by atoms with Crippen LogP contribution in [0.2, 0.25) is 0 Å². The van der Waals surface area contributed by atoms with Crippen LogP contribution in [0.15, 0.2) is 48.5 Å². The first kappa shape index (κ1) is 31.2. The number of aryl methyl sites for hydroxylation is 1. The molecule has 0 spiro atoms. The normalized spacial score (nSPS) is 14.8. The highest BCUT2D eigenvalue weighted by atomic mass is 32.1. The summed E-state index contributed by atoms with van der Waals surface area (Å²) in [6.07, 6.45) is 2.37. The summed E-state index contributed by atoms with van der Waals surface area (Å²) in [5.74, 6) is 0.696.